The van der Waals surface area contributed by atoms with E-state index in [9.17, 15) is 18.0 Å². The Bertz CT molecular complexity index is 1010. The Morgan fingerprint density at radius 3 is 2.60 bits per heavy atom. The van der Waals surface area contributed by atoms with Gasteiger partial charge in [-0.3, -0.25) is 9.59 Å². The van der Waals surface area contributed by atoms with Crippen LogP contribution in [0.15, 0.2) is 41.6 Å². The van der Waals surface area contributed by atoms with Gasteiger partial charge in [-0.05, 0) is 19.1 Å². The van der Waals surface area contributed by atoms with Gasteiger partial charge in [0.1, 0.15) is 5.82 Å². The smallest absolute Gasteiger partial charge is 0.307 e. The monoisotopic (exact) mass is 433 g/mol. The number of nitrogens with one attached hydrogen (secondary N) is 1. The summed E-state index contributed by atoms with van der Waals surface area (Å²) in [5.74, 6) is -0.668. The fraction of sp³-hybridized carbons (Fsp3) is 0.368. The fourth-order valence-corrected chi connectivity index (χ4v) is 3.54. The summed E-state index contributed by atoms with van der Waals surface area (Å²) in [6.45, 7) is 1.14. The number of carbonyl (C=O) groups is 2. The molecular formula is C19H23N5O5S. The van der Waals surface area contributed by atoms with Crippen LogP contribution in [-0.4, -0.2) is 49.5 Å². The Morgan fingerprint density at radius 1 is 1.30 bits per heavy atom. The number of nitriles is 1. The molecule has 2 aromatic rings. The van der Waals surface area contributed by atoms with Gasteiger partial charge >= 0.3 is 5.97 Å². The maximum Gasteiger partial charge on any atom is 0.307 e. The molecule has 0 atom stereocenters. The third kappa shape index (κ3) is 6.40. The number of amides is 1. The molecule has 160 valence electrons. The highest BCUT2D eigenvalue weighted by atomic mass is 32.2. The number of anilines is 1. The molecule has 0 bridgehead atoms. The summed E-state index contributed by atoms with van der Waals surface area (Å²) in [6.07, 6.45) is 1.25. The Morgan fingerprint density at radius 2 is 2.00 bits per heavy atom. The van der Waals surface area contributed by atoms with Gasteiger partial charge in [0, 0.05) is 32.0 Å². The van der Waals surface area contributed by atoms with Crippen LogP contribution in [0.25, 0.3) is 0 Å². The molecule has 0 aliphatic rings. The summed E-state index contributed by atoms with van der Waals surface area (Å²) >= 11 is 0. The Balaban J connectivity index is 1.84. The number of sulfonamides is 1. The normalized spacial score (nSPS) is 11.0. The van der Waals surface area contributed by atoms with Crippen LogP contribution >= 0.6 is 0 Å². The molecule has 0 saturated carbocycles. The summed E-state index contributed by atoms with van der Waals surface area (Å²) in [6, 6.07) is 10.7. The molecule has 11 heteroatoms. The predicted octanol–water partition coefficient (Wildman–Crippen LogP) is 0.887. The minimum absolute atomic E-state index is 0.128. The molecule has 0 spiro atoms. The minimum atomic E-state index is -3.84. The number of aromatic nitrogens is 2. The van der Waals surface area contributed by atoms with Crippen LogP contribution in [0.5, 0.6) is 0 Å². The molecule has 0 radical (unpaired) electrons. The Labute approximate surface area is 175 Å². The van der Waals surface area contributed by atoms with Crippen LogP contribution in [0, 0.1) is 18.3 Å². The van der Waals surface area contributed by atoms with Crippen LogP contribution in [0.2, 0.25) is 0 Å². The molecule has 1 N–H and O–H groups in total. The van der Waals surface area contributed by atoms with Crippen LogP contribution in [0.1, 0.15) is 18.7 Å². The number of benzene rings is 1. The van der Waals surface area contributed by atoms with Gasteiger partial charge in [-0.2, -0.15) is 5.26 Å². The van der Waals surface area contributed by atoms with E-state index in [1.807, 2.05) is 6.07 Å². The van der Waals surface area contributed by atoms with E-state index >= 15 is 0 Å². The van der Waals surface area contributed by atoms with Gasteiger partial charge in [0.05, 0.1) is 18.9 Å². The highest BCUT2D eigenvalue weighted by molar-refractivity contribution is 7.89. The van der Waals surface area contributed by atoms with Gasteiger partial charge in [-0.25, -0.2) is 18.1 Å². The quantitative estimate of drug-likeness (QED) is 0.550. The van der Waals surface area contributed by atoms with Gasteiger partial charge in [0.15, 0.2) is 11.6 Å². The average Bonchev–Trinajstić information content (AvgIpc) is 3.07. The lowest BCUT2D eigenvalue weighted by atomic mass is 10.2. The molecular weight excluding hydrogens is 410 g/mol. The van der Waals surface area contributed by atoms with Crippen molar-refractivity contribution in [2.24, 2.45) is 7.05 Å². The predicted molar refractivity (Wildman–Crippen MR) is 108 cm³/mol. The second-order valence-electron chi connectivity index (χ2n) is 6.33. The zero-order valence-electron chi connectivity index (χ0n) is 16.7. The standard InChI is InChI=1S/C19H23N5O5S/c1-15-22-17(13-23(15)2)30(27,28)21-11-9-19(26)29-14-18(25)24(12-6-10-20)16-7-4-3-5-8-16/h3-5,7-8,13,21H,6,9,11-12,14H2,1-2H3. The van der Waals surface area contributed by atoms with Crippen LogP contribution in [-0.2, 0) is 31.4 Å². The van der Waals surface area contributed by atoms with Gasteiger partial charge in [-0.15, -0.1) is 0 Å². The first kappa shape index (κ1) is 23.1. The number of nitrogens with zero attached hydrogens (tertiary/aromatic N) is 4. The van der Waals surface area contributed by atoms with Crippen molar-refractivity contribution in [2.75, 3.05) is 24.6 Å². The number of imidazole rings is 1. The van der Waals surface area contributed by atoms with Gasteiger partial charge in [-0.1, -0.05) is 18.2 Å². The molecule has 0 aliphatic carbocycles. The number of esters is 1. The third-order valence-electron chi connectivity index (χ3n) is 4.16. The Kier molecular flexibility index (Phi) is 8.08. The summed E-state index contributed by atoms with van der Waals surface area (Å²) in [5, 5.41) is 8.65. The number of hydrogen-bond donors (Lipinski definition) is 1. The summed E-state index contributed by atoms with van der Waals surface area (Å²) in [5.41, 5.74) is 0.590. The van der Waals surface area contributed by atoms with E-state index in [1.165, 1.54) is 11.1 Å². The highest BCUT2D eigenvalue weighted by Gasteiger charge is 2.20. The lowest BCUT2D eigenvalue weighted by Crippen LogP contribution is -2.35. The van der Waals surface area contributed by atoms with Crippen LogP contribution < -0.4 is 9.62 Å². The van der Waals surface area contributed by atoms with Crippen LogP contribution in [0.4, 0.5) is 5.69 Å². The SMILES string of the molecule is Cc1nc(S(=O)(=O)NCCC(=O)OCC(=O)N(CCC#N)c2ccccc2)cn1C. The molecule has 0 saturated heterocycles. The molecule has 30 heavy (non-hydrogen) atoms. The van der Waals surface area contributed by atoms with Gasteiger partial charge < -0.3 is 14.2 Å². The topological polar surface area (TPSA) is 134 Å². The van der Waals surface area contributed by atoms with E-state index in [4.69, 9.17) is 10.00 Å². The van der Waals surface area contributed by atoms with E-state index < -0.39 is 28.5 Å². The number of para-hydroxylation sites is 1. The second-order valence-corrected chi connectivity index (χ2v) is 8.05. The molecule has 1 aromatic heterocycles. The zero-order chi connectivity index (χ0) is 22.1. The molecule has 1 heterocycles. The summed E-state index contributed by atoms with van der Waals surface area (Å²) in [7, 11) is -2.17. The average molecular weight is 433 g/mol. The molecule has 1 amide bonds. The summed E-state index contributed by atoms with van der Waals surface area (Å²) < 4.78 is 33.1. The van der Waals surface area contributed by atoms with Crippen molar-refractivity contribution in [3.05, 3.63) is 42.4 Å². The number of carbonyl (C=O) groups excluding carboxylic acids is 2. The minimum Gasteiger partial charge on any atom is -0.456 e. The van der Waals surface area contributed by atoms with E-state index in [1.54, 1.807) is 48.9 Å². The number of ether oxygens (including phenoxy) is 1. The van der Waals surface area contributed by atoms with Crippen molar-refractivity contribution < 1.29 is 22.7 Å². The van der Waals surface area contributed by atoms with Crippen molar-refractivity contribution in [2.45, 2.75) is 24.8 Å². The first-order valence-corrected chi connectivity index (χ1v) is 10.6. The van der Waals surface area contributed by atoms with Crippen molar-refractivity contribution in [3.8, 4) is 6.07 Å². The summed E-state index contributed by atoms with van der Waals surface area (Å²) in [4.78, 5) is 29.6. The van der Waals surface area contributed by atoms with Crippen LogP contribution in [0.3, 0.4) is 0 Å². The molecule has 10 nitrogen and oxygen atoms in total. The number of hydrogen-bond acceptors (Lipinski definition) is 7. The van der Waals surface area contributed by atoms with E-state index in [0.717, 1.165) is 0 Å². The van der Waals surface area contributed by atoms with E-state index in [2.05, 4.69) is 9.71 Å². The first-order valence-electron chi connectivity index (χ1n) is 9.12. The largest absolute Gasteiger partial charge is 0.456 e. The lowest BCUT2D eigenvalue weighted by Gasteiger charge is -2.21. The third-order valence-corrected chi connectivity index (χ3v) is 5.49. The van der Waals surface area contributed by atoms with Gasteiger partial charge in [0.25, 0.3) is 15.9 Å². The zero-order valence-corrected chi connectivity index (χ0v) is 17.6. The van der Waals surface area contributed by atoms with E-state index in [-0.39, 0.29) is 31.0 Å². The fourth-order valence-electron chi connectivity index (χ4n) is 2.48. The van der Waals surface area contributed by atoms with Crippen molar-refractivity contribution in [1.82, 2.24) is 14.3 Å². The molecule has 0 unspecified atom stereocenters. The maximum absolute atomic E-state index is 12.4. The first-order chi connectivity index (χ1) is 14.2. The Hall–Kier alpha value is -3.23. The number of rotatable bonds is 10. The number of aryl methyl sites for hydroxylation is 2. The van der Waals surface area contributed by atoms with Crippen molar-refractivity contribution >= 4 is 27.6 Å². The van der Waals surface area contributed by atoms with E-state index in [0.29, 0.717) is 11.5 Å². The van der Waals surface area contributed by atoms with Crippen molar-refractivity contribution in [3.63, 3.8) is 0 Å². The molecule has 0 fully saturated rings. The van der Waals surface area contributed by atoms with Crippen molar-refractivity contribution in [1.29, 1.82) is 5.26 Å². The maximum atomic E-state index is 12.4. The molecule has 1 aromatic carbocycles. The highest BCUT2D eigenvalue weighted by Crippen LogP contribution is 2.14. The molecule has 0 aliphatic heterocycles. The lowest BCUT2D eigenvalue weighted by molar-refractivity contribution is -0.147. The second kappa shape index (κ2) is 10.5. The van der Waals surface area contributed by atoms with Gasteiger partial charge in [0.2, 0.25) is 0 Å². The molecule has 2 rings (SSSR count).